The molecule has 0 unspecified atom stereocenters. The normalized spacial score (nSPS) is 17.4. The molecule has 0 heteroatoms. The molecular weight excluding hydrogens is 180 g/mol. The van der Waals surface area contributed by atoms with Gasteiger partial charge in [-0.05, 0) is 59.7 Å². The maximum Gasteiger partial charge on any atom is -0.0192 e. The Morgan fingerprint density at radius 3 is 2.87 bits per heavy atom. The fourth-order valence-corrected chi connectivity index (χ4v) is 2.73. The SMILES string of the molecule is Cc1c2c(cc3c1=CCCC=3)CCC=C2. The number of fused-ring (bicyclic) bond motifs is 2. The predicted octanol–water partition coefficient (Wildman–Crippen LogP) is 2.31. The average molecular weight is 196 g/mol. The topological polar surface area (TPSA) is 0 Å². The molecule has 1 aromatic carbocycles. The summed E-state index contributed by atoms with van der Waals surface area (Å²) in [4.78, 5) is 0. The van der Waals surface area contributed by atoms with Crippen molar-refractivity contribution in [3.8, 4) is 0 Å². The highest BCUT2D eigenvalue weighted by atomic mass is 14.1. The second-order valence-electron chi connectivity index (χ2n) is 4.50. The molecule has 0 nitrogen and oxygen atoms in total. The lowest BCUT2D eigenvalue weighted by Gasteiger charge is -2.15. The van der Waals surface area contributed by atoms with Crippen molar-refractivity contribution in [1.29, 1.82) is 0 Å². The van der Waals surface area contributed by atoms with Gasteiger partial charge in [0.05, 0.1) is 0 Å². The fourth-order valence-electron chi connectivity index (χ4n) is 2.73. The van der Waals surface area contributed by atoms with Gasteiger partial charge in [-0.2, -0.15) is 0 Å². The Morgan fingerprint density at radius 1 is 1.07 bits per heavy atom. The van der Waals surface area contributed by atoms with Crippen molar-refractivity contribution in [2.75, 3.05) is 0 Å². The van der Waals surface area contributed by atoms with Gasteiger partial charge < -0.3 is 0 Å². The van der Waals surface area contributed by atoms with E-state index in [-0.39, 0.29) is 0 Å². The van der Waals surface area contributed by atoms with E-state index in [1.807, 2.05) is 0 Å². The summed E-state index contributed by atoms with van der Waals surface area (Å²) in [5, 5.41) is 2.94. The molecule has 0 fully saturated rings. The molecule has 0 saturated heterocycles. The zero-order valence-electron chi connectivity index (χ0n) is 9.22. The molecule has 76 valence electrons. The van der Waals surface area contributed by atoms with Crippen LogP contribution in [-0.4, -0.2) is 0 Å². The van der Waals surface area contributed by atoms with E-state index in [0.717, 1.165) is 0 Å². The van der Waals surface area contributed by atoms with Crippen molar-refractivity contribution in [2.45, 2.75) is 32.6 Å². The van der Waals surface area contributed by atoms with E-state index in [2.05, 4.69) is 37.3 Å². The summed E-state index contributed by atoms with van der Waals surface area (Å²) >= 11 is 0. The van der Waals surface area contributed by atoms with Gasteiger partial charge in [0.25, 0.3) is 0 Å². The second kappa shape index (κ2) is 3.37. The molecule has 0 amide bonds. The van der Waals surface area contributed by atoms with Crippen molar-refractivity contribution < 1.29 is 0 Å². The summed E-state index contributed by atoms with van der Waals surface area (Å²) < 4.78 is 0. The van der Waals surface area contributed by atoms with Crippen LogP contribution in [0.15, 0.2) is 12.1 Å². The summed E-state index contributed by atoms with van der Waals surface area (Å²) in [5.41, 5.74) is 4.50. The number of rotatable bonds is 0. The molecule has 0 radical (unpaired) electrons. The van der Waals surface area contributed by atoms with Crippen molar-refractivity contribution in [3.05, 3.63) is 39.3 Å². The van der Waals surface area contributed by atoms with E-state index in [1.54, 1.807) is 5.56 Å². The summed E-state index contributed by atoms with van der Waals surface area (Å²) in [6, 6.07) is 2.40. The van der Waals surface area contributed by atoms with E-state index in [1.165, 1.54) is 47.2 Å². The molecule has 0 bridgehead atoms. The average Bonchev–Trinajstić information content (AvgIpc) is 2.30. The predicted molar refractivity (Wildman–Crippen MR) is 65.9 cm³/mol. The van der Waals surface area contributed by atoms with Gasteiger partial charge in [0.1, 0.15) is 0 Å². The van der Waals surface area contributed by atoms with E-state index >= 15 is 0 Å². The van der Waals surface area contributed by atoms with Crippen molar-refractivity contribution in [3.63, 3.8) is 0 Å². The van der Waals surface area contributed by atoms with Crippen LogP contribution in [0.3, 0.4) is 0 Å². The first-order chi connectivity index (χ1) is 7.36. The molecule has 2 aliphatic carbocycles. The molecule has 0 heterocycles. The minimum Gasteiger partial charge on any atom is -0.0836 e. The molecule has 15 heavy (non-hydrogen) atoms. The van der Waals surface area contributed by atoms with Gasteiger partial charge in [-0.25, -0.2) is 0 Å². The van der Waals surface area contributed by atoms with Crippen LogP contribution in [0.1, 0.15) is 36.0 Å². The van der Waals surface area contributed by atoms with Crippen LogP contribution in [0.4, 0.5) is 0 Å². The highest BCUT2D eigenvalue weighted by Gasteiger charge is 2.09. The molecule has 1 aromatic rings. The van der Waals surface area contributed by atoms with Crippen molar-refractivity contribution in [1.82, 2.24) is 0 Å². The summed E-state index contributed by atoms with van der Waals surface area (Å²) in [6.07, 6.45) is 14.2. The number of allylic oxidation sites excluding steroid dienone is 1. The Hall–Kier alpha value is -1.30. The van der Waals surface area contributed by atoms with Crippen LogP contribution >= 0.6 is 0 Å². The Bertz CT molecular complexity index is 544. The van der Waals surface area contributed by atoms with E-state index in [0.29, 0.717) is 0 Å². The zero-order valence-corrected chi connectivity index (χ0v) is 9.22. The second-order valence-corrected chi connectivity index (χ2v) is 4.50. The molecular formula is C15H16. The zero-order chi connectivity index (χ0) is 10.3. The third-order valence-corrected chi connectivity index (χ3v) is 3.54. The lowest BCUT2D eigenvalue weighted by molar-refractivity contribution is 0.971. The minimum absolute atomic E-state index is 1.20. The third kappa shape index (κ3) is 1.36. The molecule has 3 rings (SSSR count). The van der Waals surface area contributed by atoms with Crippen LogP contribution in [0, 0.1) is 6.92 Å². The summed E-state index contributed by atoms with van der Waals surface area (Å²) in [5.74, 6) is 0. The van der Waals surface area contributed by atoms with Crippen LogP contribution < -0.4 is 10.4 Å². The van der Waals surface area contributed by atoms with Gasteiger partial charge in [-0.15, -0.1) is 0 Å². The van der Waals surface area contributed by atoms with Gasteiger partial charge in [0.15, 0.2) is 0 Å². The fraction of sp³-hybridized carbons (Fsp3) is 0.333. The van der Waals surface area contributed by atoms with Gasteiger partial charge in [0, 0.05) is 0 Å². The van der Waals surface area contributed by atoms with Gasteiger partial charge >= 0.3 is 0 Å². The first-order valence-corrected chi connectivity index (χ1v) is 5.86. The lowest BCUT2D eigenvalue weighted by Crippen LogP contribution is -2.31. The smallest absolute Gasteiger partial charge is 0.0192 e. The highest BCUT2D eigenvalue weighted by Crippen LogP contribution is 2.19. The van der Waals surface area contributed by atoms with E-state index in [9.17, 15) is 0 Å². The standard InChI is InChI=1S/C15H16/c1-11-14-8-4-2-6-12(14)10-13-7-3-5-9-15(11)13/h4,7-10H,2-3,5-6H2,1H3. The van der Waals surface area contributed by atoms with Crippen LogP contribution in [0.5, 0.6) is 0 Å². The molecule has 2 aliphatic rings. The first-order valence-electron chi connectivity index (χ1n) is 5.86. The number of hydrogen-bond donors (Lipinski definition) is 0. The van der Waals surface area contributed by atoms with E-state index in [4.69, 9.17) is 0 Å². The Labute approximate surface area is 90.6 Å². The molecule has 0 atom stereocenters. The van der Waals surface area contributed by atoms with Gasteiger partial charge in [0.2, 0.25) is 0 Å². The van der Waals surface area contributed by atoms with Crippen molar-refractivity contribution >= 4 is 18.2 Å². The maximum atomic E-state index is 2.40. The molecule has 0 aromatic heterocycles. The first kappa shape index (κ1) is 8.96. The monoisotopic (exact) mass is 196 g/mol. The quantitative estimate of drug-likeness (QED) is 0.597. The van der Waals surface area contributed by atoms with Gasteiger partial charge in [-0.3, -0.25) is 0 Å². The van der Waals surface area contributed by atoms with Crippen molar-refractivity contribution in [2.24, 2.45) is 0 Å². The Balaban J connectivity index is 2.42. The third-order valence-electron chi connectivity index (χ3n) is 3.54. The number of benzene rings is 1. The largest absolute Gasteiger partial charge is 0.0836 e. The summed E-state index contributed by atoms with van der Waals surface area (Å²) in [6.45, 7) is 2.27. The Morgan fingerprint density at radius 2 is 1.93 bits per heavy atom. The highest BCUT2D eigenvalue weighted by molar-refractivity contribution is 5.62. The lowest BCUT2D eigenvalue weighted by atomic mass is 9.90. The molecule has 0 spiro atoms. The molecule has 0 aliphatic heterocycles. The maximum absolute atomic E-state index is 2.40. The molecule has 0 N–H and O–H groups in total. The molecule has 0 saturated carbocycles. The Kier molecular flexibility index (Phi) is 2.02. The van der Waals surface area contributed by atoms with E-state index < -0.39 is 0 Å². The van der Waals surface area contributed by atoms with Gasteiger partial charge in [-0.1, -0.05) is 30.4 Å². The number of hydrogen-bond acceptors (Lipinski definition) is 0. The minimum atomic E-state index is 1.20. The number of aryl methyl sites for hydroxylation is 1. The summed E-state index contributed by atoms with van der Waals surface area (Å²) in [7, 11) is 0. The van der Waals surface area contributed by atoms with Crippen LogP contribution in [0.25, 0.3) is 18.2 Å². The van der Waals surface area contributed by atoms with Crippen LogP contribution in [0.2, 0.25) is 0 Å². The van der Waals surface area contributed by atoms with Crippen LogP contribution in [-0.2, 0) is 6.42 Å².